The SMILES string of the molecule is NC(N)=NCCC[C@@H]1NC(=O)[C@@H]2CCCN2C(=O)CSC[C@@H](C(=O)O)NC(=O)[C@H](CC(=O)O)NC(=O)CNC1=O. The quantitative estimate of drug-likeness (QED) is 0.0803. The first-order valence-corrected chi connectivity index (χ1v) is 13.6. The third kappa shape index (κ3) is 10.2. The lowest BCUT2D eigenvalue weighted by Crippen LogP contribution is -2.56. The van der Waals surface area contributed by atoms with Crippen LogP contribution in [0.15, 0.2) is 4.99 Å². The Morgan fingerprint density at radius 2 is 1.73 bits per heavy atom. The van der Waals surface area contributed by atoms with Gasteiger partial charge in [0.05, 0.1) is 18.7 Å². The predicted molar refractivity (Wildman–Crippen MR) is 141 cm³/mol. The molecule has 40 heavy (non-hydrogen) atoms. The van der Waals surface area contributed by atoms with E-state index in [1.165, 1.54) is 4.90 Å². The van der Waals surface area contributed by atoms with Crippen molar-refractivity contribution in [1.29, 1.82) is 0 Å². The molecule has 222 valence electrons. The Labute approximate surface area is 233 Å². The fourth-order valence-electron chi connectivity index (χ4n) is 4.09. The second kappa shape index (κ2) is 15.5. The second-order valence-corrected chi connectivity index (χ2v) is 10.1. The van der Waals surface area contributed by atoms with E-state index in [2.05, 4.69) is 26.3 Å². The van der Waals surface area contributed by atoms with E-state index >= 15 is 0 Å². The maximum atomic E-state index is 13.1. The Morgan fingerprint density at radius 1 is 1.00 bits per heavy atom. The highest BCUT2D eigenvalue weighted by atomic mass is 32.2. The van der Waals surface area contributed by atoms with Gasteiger partial charge in [-0.2, -0.15) is 0 Å². The van der Waals surface area contributed by atoms with Crippen LogP contribution in [0.1, 0.15) is 32.1 Å². The number of carboxylic acid groups (broad SMARTS) is 2. The molecule has 2 aliphatic rings. The number of nitrogens with one attached hydrogen (secondary N) is 4. The number of aliphatic imine (C=N–C) groups is 1. The highest BCUT2D eigenvalue weighted by molar-refractivity contribution is 8.00. The molecule has 2 saturated heterocycles. The number of carbonyl (C=O) groups is 7. The minimum absolute atomic E-state index is 0.0904. The fraction of sp³-hybridized carbons (Fsp3) is 0.636. The highest BCUT2D eigenvalue weighted by Gasteiger charge is 2.36. The number of rotatable bonds is 7. The highest BCUT2D eigenvalue weighted by Crippen LogP contribution is 2.20. The first-order chi connectivity index (χ1) is 18.9. The van der Waals surface area contributed by atoms with Crippen LogP contribution in [0.4, 0.5) is 0 Å². The monoisotopic (exact) mass is 586 g/mol. The molecule has 5 amide bonds. The number of nitrogens with two attached hydrogens (primary N) is 2. The van der Waals surface area contributed by atoms with Crippen LogP contribution in [0.5, 0.6) is 0 Å². The molecule has 2 aliphatic heterocycles. The van der Waals surface area contributed by atoms with Gasteiger partial charge in [0, 0.05) is 18.8 Å². The van der Waals surface area contributed by atoms with Crippen molar-refractivity contribution < 1.29 is 43.8 Å². The van der Waals surface area contributed by atoms with Crippen molar-refractivity contribution in [2.75, 3.05) is 31.1 Å². The summed E-state index contributed by atoms with van der Waals surface area (Å²) in [6, 6.07) is -5.10. The maximum Gasteiger partial charge on any atom is 0.327 e. The number of hydrogen-bond acceptors (Lipinski definition) is 9. The molecule has 0 bridgehead atoms. The van der Waals surface area contributed by atoms with Crippen LogP contribution in [0, 0.1) is 0 Å². The lowest BCUT2D eigenvalue weighted by molar-refractivity contribution is -0.143. The van der Waals surface area contributed by atoms with Crippen molar-refractivity contribution in [3.05, 3.63) is 0 Å². The van der Waals surface area contributed by atoms with Crippen molar-refractivity contribution in [3.8, 4) is 0 Å². The maximum absolute atomic E-state index is 13.1. The predicted octanol–water partition coefficient (Wildman–Crippen LogP) is -4.09. The Kier molecular flexibility index (Phi) is 12.4. The van der Waals surface area contributed by atoms with E-state index in [1.54, 1.807) is 0 Å². The zero-order valence-corrected chi connectivity index (χ0v) is 22.4. The summed E-state index contributed by atoms with van der Waals surface area (Å²) in [7, 11) is 0. The number of nitrogens with zero attached hydrogens (tertiary/aromatic N) is 2. The minimum Gasteiger partial charge on any atom is -0.481 e. The zero-order valence-electron chi connectivity index (χ0n) is 21.6. The summed E-state index contributed by atoms with van der Waals surface area (Å²) < 4.78 is 0. The van der Waals surface area contributed by atoms with Crippen LogP contribution in [-0.4, -0.2) is 118 Å². The molecule has 0 aliphatic carbocycles. The number of guanidine groups is 1. The van der Waals surface area contributed by atoms with E-state index in [0.717, 1.165) is 11.8 Å². The Morgan fingerprint density at radius 3 is 2.38 bits per heavy atom. The normalized spacial score (nSPS) is 25.3. The van der Waals surface area contributed by atoms with Crippen molar-refractivity contribution in [1.82, 2.24) is 26.2 Å². The molecule has 0 spiro atoms. The molecule has 2 fully saturated rings. The van der Waals surface area contributed by atoms with Gasteiger partial charge < -0.3 is 47.8 Å². The smallest absolute Gasteiger partial charge is 0.327 e. The molecule has 0 saturated carbocycles. The first-order valence-electron chi connectivity index (χ1n) is 12.4. The Bertz CT molecular complexity index is 1040. The summed E-state index contributed by atoms with van der Waals surface area (Å²) in [6.07, 6.45) is 0.412. The van der Waals surface area contributed by atoms with E-state index in [-0.39, 0.29) is 43.4 Å². The molecule has 2 rings (SSSR count). The van der Waals surface area contributed by atoms with Gasteiger partial charge >= 0.3 is 11.9 Å². The van der Waals surface area contributed by atoms with Gasteiger partial charge in [0.25, 0.3) is 0 Å². The molecule has 18 heteroatoms. The number of amides is 5. The van der Waals surface area contributed by atoms with Crippen LogP contribution in [-0.2, 0) is 33.6 Å². The number of hydrogen-bond donors (Lipinski definition) is 8. The molecule has 0 aromatic rings. The molecule has 10 N–H and O–H groups in total. The van der Waals surface area contributed by atoms with Crippen LogP contribution < -0.4 is 32.7 Å². The standard InChI is InChI=1S/C22H34N8O9S/c23-22(24)25-5-1-3-11-18(35)26-8-15(31)27-12(7-17(33)34)19(36)29-13(21(38)39)9-40-10-16(32)30-6-2-4-14(30)20(37)28-11/h11-14H,1-10H2,(H,26,35)(H,27,31)(H,28,37)(H,29,36)(H,33,34)(H,38,39)(H4,23,24,25)/t11-,12-,13-,14-/m0/s1. The number of carbonyl (C=O) groups excluding carboxylic acids is 5. The van der Waals surface area contributed by atoms with Gasteiger partial charge in [0.2, 0.25) is 29.5 Å². The van der Waals surface area contributed by atoms with Gasteiger partial charge in [-0.3, -0.25) is 33.8 Å². The summed E-state index contributed by atoms with van der Waals surface area (Å²) in [5.41, 5.74) is 10.6. The third-order valence-electron chi connectivity index (χ3n) is 6.03. The summed E-state index contributed by atoms with van der Waals surface area (Å²) in [5, 5.41) is 27.9. The first kappa shape index (κ1) is 32.1. The Hall–Kier alpha value is -4.09. The largest absolute Gasteiger partial charge is 0.481 e. The average molecular weight is 587 g/mol. The van der Waals surface area contributed by atoms with Gasteiger partial charge in [0.15, 0.2) is 5.96 Å². The average Bonchev–Trinajstić information content (AvgIpc) is 3.37. The minimum atomic E-state index is -1.64. The lowest BCUT2D eigenvalue weighted by Gasteiger charge is -2.27. The van der Waals surface area contributed by atoms with Crippen LogP contribution in [0.25, 0.3) is 0 Å². The molecule has 0 aromatic heterocycles. The molecule has 0 unspecified atom stereocenters. The molecule has 0 radical (unpaired) electrons. The Balaban J connectivity index is 2.28. The number of carboxylic acids is 2. The van der Waals surface area contributed by atoms with Gasteiger partial charge in [-0.15, -0.1) is 11.8 Å². The van der Waals surface area contributed by atoms with E-state index in [9.17, 15) is 38.7 Å². The van der Waals surface area contributed by atoms with E-state index in [1.807, 2.05) is 0 Å². The van der Waals surface area contributed by atoms with E-state index < -0.39 is 78.6 Å². The number of fused-ring (bicyclic) bond motifs is 1. The van der Waals surface area contributed by atoms with Crippen LogP contribution in [0.3, 0.4) is 0 Å². The number of thioether (sulfide) groups is 1. The lowest BCUT2D eigenvalue weighted by atomic mass is 10.1. The summed E-state index contributed by atoms with van der Waals surface area (Å²) in [6.45, 7) is -0.221. The van der Waals surface area contributed by atoms with Crippen molar-refractivity contribution >= 4 is 59.2 Å². The van der Waals surface area contributed by atoms with Gasteiger partial charge in [-0.1, -0.05) is 0 Å². The van der Waals surface area contributed by atoms with E-state index in [0.29, 0.717) is 12.8 Å². The van der Waals surface area contributed by atoms with Crippen molar-refractivity contribution in [3.63, 3.8) is 0 Å². The van der Waals surface area contributed by atoms with Gasteiger partial charge in [-0.05, 0) is 25.7 Å². The van der Waals surface area contributed by atoms with Crippen LogP contribution >= 0.6 is 11.8 Å². The molecule has 2 heterocycles. The topological polar surface area (TPSA) is 276 Å². The summed E-state index contributed by atoms with van der Waals surface area (Å²) >= 11 is 0.907. The van der Waals surface area contributed by atoms with Gasteiger partial charge in [-0.25, -0.2) is 4.79 Å². The molecule has 0 aromatic carbocycles. The second-order valence-electron chi connectivity index (χ2n) is 9.11. The molecule has 17 nitrogen and oxygen atoms in total. The summed E-state index contributed by atoms with van der Waals surface area (Å²) in [5.74, 6) is -7.18. The van der Waals surface area contributed by atoms with E-state index in [4.69, 9.17) is 16.6 Å². The molecule has 4 atom stereocenters. The van der Waals surface area contributed by atoms with Crippen molar-refractivity contribution in [2.24, 2.45) is 16.5 Å². The zero-order chi connectivity index (χ0) is 29.8. The summed E-state index contributed by atoms with van der Waals surface area (Å²) in [4.78, 5) is 92.1. The van der Waals surface area contributed by atoms with Crippen LogP contribution in [0.2, 0.25) is 0 Å². The van der Waals surface area contributed by atoms with Crippen molar-refractivity contribution in [2.45, 2.75) is 56.3 Å². The van der Waals surface area contributed by atoms with Gasteiger partial charge in [0.1, 0.15) is 24.2 Å². The molecular weight excluding hydrogens is 552 g/mol. The fourth-order valence-corrected chi connectivity index (χ4v) is 5.01. The molecular formula is C22H34N8O9S. The number of aliphatic carboxylic acids is 2. The third-order valence-corrected chi connectivity index (χ3v) is 7.05.